The van der Waals surface area contributed by atoms with Crippen molar-refractivity contribution in [3.05, 3.63) is 47.9 Å². The molecule has 0 aliphatic rings. The second-order valence-electron chi connectivity index (χ2n) is 4.72. The van der Waals surface area contributed by atoms with Crippen molar-refractivity contribution in [2.75, 3.05) is 5.73 Å². The van der Waals surface area contributed by atoms with Crippen LogP contribution in [-0.4, -0.2) is 24.7 Å². The zero-order valence-corrected chi connectivity index (χ0v) is 11.6. The highest BCUT2D eigenvalue weighted by molar-refractivity contribution is 5.71. The van der Waals surface area contributed by atoms with Gasteiger partial charge in [-0.25, -0.2) is 19.0 Å². The number of hydrogen-bond acceptors (Lipinski definition) is 5. The van der Waals surface area contributed by atoms with Crippen molar-refractivity contribution >= 4 is 5.69 Å². The van der Waals surface area contributed by atoms with Crippen molar-refractivity contribution in [3.8, 4) is 17.2 Å². The van der Waals surface area contributed by atoms with Crippen LogP contribution in [0, 0.1) is 19.7 Å². The summed E-state index contributed by atoms with van der Waals surface area (Å²) in [5.41, 5.74) is 8.98. The highest BCUT2D eigenvalue weighted by atomic mass is 19.1. The van der Waals surface area contributed by atoms with Gasteiger partial charge < -0.3 is 5.73 Å². The molecular weight excluding hydrogens is 271 g/mol. The van der Waals surface area contributed by atoms with Crippen molar-refractivity contribution < 1.29 is 4.39 Å². The molecule has 0 saturated carbocycles. The van der Waals surface area contributed by atoms with Crippen LogP contribution in [0.5, 0.6) is 0 Å². The first-order chi connectivity index (χ1) is 10.0. The van der Waals surface area contributed by atoms with E-state index in [9.17, 15) is 4.39 Å². The summed E-state index contributed by atoms with van der Waals surface area (Å²) in [6.45, 7) is 3.75. The number of pyridine rings is 1. The molecule has 0 amide bonds. The molecule has 106 valence electrons. The van der Waals surface area contributed by atoms with Crippen LogP contribution < -0.4 is 5.73 Å². The number of aromatic nitrogens is 5. The van der Waals surface area contributed by atoms with Crippen molar-refractivity contribution in [3.63, 3.8) is 0 Å². The molecule has 21 heavy (non-hydrogen) atoms. The molecule has 0 radical (unpaired) electrons. The summed E-state index contributed by atoms with van der Waals surface area (Å²) in [4.78, 5) is 12.4. The van der Waals surface area contributed by atoms with Crippen LogP contribution in [0.15, 0.2) is 30.7 Å². The van der Waals surface area contributed by atoms with Crippen LogP contribution in [0.25, 0.3) is 17.2 Å². The van der Waals surface area contributed by atoms with Crippen LogP contribution >= 0.6 is 0 Å². The van der Waals surface area contributed by atoms with Crippen LogP contribution in [-0.2, 0) is 0 Å². The van der Waals surface area contributed by atoms with E-state index in [0.717, 1.165) is 17.6 Å². The van der Waals surface area contributed by atoms with E-state index in [0.29, 0.717) is 22.9 Å². The molecule has 0 saturated heterocycles. The molecule has 3 rings (SSSR count). The number of nitrogen functional groups attached to an aromatic ring is 1. The molecule has 7 heteroatoms. The lowest BCUT2D eigenvalue weighted by Crippen LogP contribution is -2.04. The van der Waals surface area contributed by atoms with E-state index in [1.165, 1.54) is 16.9 Å². The van der Waals surface area contributed by atoms with Gasteiger partial charge in [0.25, 0.3) is 5.95 Å². The Kier molecular flexibility index (Phi) is 3.09. The van der Waals surface area contributed by atoms with E-state index in [-0.39, 0.29) is 0 Å². The Morgan fingerprint density at radius 3 is 2.48 bits per heavy atom. The van der Waals surface area contributed by atoms with Gasteiger partial charge in [0.1, 0.15) is 11.5 Å². The van der Waals surface area contributed by atoms with E-state index in [1.54, 1.807) is 6.20 Å². The first kappa shape index (κ1) is 13.2. The summed E-state index contributed by atoms with van der Waals surface area (Å²) in [7, 11) is 0. The van der Waals surface area contributed by atoms with Crippen LogP contribution in [0.3, 0.4) is 0 Å². The van der Waals surface area contributed by atoms with Crippen LogP contribution in [0.2, 0.25) is 0 Å². The molecule has 0 aliphatic heterocycles. The van der Waals surface area contributed by atoms with Gasteiger partial charge in [0.2, 0.25) is 0 Å². The minimum absolute atomic E-state index is 0.408. The maximum absolute atomic E-state index is 13.3. The normalized spacial score (nSPS) is 10.8. The maximum atomic E-state index is 13.3. The molecule has 0 atom stereocenters. The fourth-order valence-electron chi connectivity index (χ4n) is 2.07. The monoisotopic (exact) mass is 284 g/mol. The van der Waals surface area contributed by atoms with Gasteiger partial charge in [-0.3, -0.25) is 4.98 Å². The maximum Gasteiger partial charge on any atom is 0.251 e. The average molecular weight is 284 g/mol. The van der Waals surface area contributed by atoms with Crippen molar-refractivity contribution in [1.82, 2.24) is 24.7 Å². The molecule has 0 aromatic carbocycles. The zero-order valence-electron chi connectivity index (χ0n) is 11.6. The van der Waals surface area contributed by atoms with Gasteiger partial charge in [-0.1, -0.05) is 0 Å². The third-order valence-corrected chi connectivity index (χ3v) is 2.90. The topological polar surface area (TPSA) is 82.5 Å². The summed E-state index contributed by atoms with van der Waals surface area (Å²) < 4.78 is 14.7. The molecule has 3 aromatic rings. The third kappa shape index (κ3) is 2.58. The first-order valence-corrected chi connectivity index (χ1v) is 6.31. The molecule has 6 nitrogen and oxygen atoms in total. The average Bonchev–Trinajstić information content (AvgIpc) is 2.80. The molecule has 0 fully saturated rings. The Bertz CT molecular complexity index is 791. The minimum Gasteiger partial charge on any atom is -0.396 e. The Morgan fingerprint density at radius 2 is 1.81 bits per heavy atom. The molecule has 3 heterocycles. The molecule has 0 aliphatic carbocycles. The van der Waals surface area contributed by atoms with Gasteiger partial charge >= 0.3 is 0 Å². The Balaban J connectivity index is 2.09. The van der Waals surface area contributed by atoms with Crippen molar-refractivity contribution in [1.29, 1.82) is 0 Å². The Hall–Kier alpha value is -2.83. The summed E-state index contributed by atoms with van der Waals surface area (Å²) in [5.74, 6) is -0.0149. The zero-order chi connectivity index (χ0) is 15.0. The molecule has 3 aromatic heterocycles. The highest BCUT2D eigenvalue weighted by Crippen LogP contribution is 2.24. The van der Waals surface area contributed by atoms with Gasteiger partial charge in [0.05, 0.1) is 18.1 Å². The summed E-state index contributed by atoms with van der Waals surface area (Å²) in [6, 6.07) is 3.20. The fraction of sp³-hybridized carbons (Fsp3) is 0.143. The predicted octanol–water partition coefficient (Wildman–Crippen LogP) is 2.06. The standard InChI is InChI=1S/C14H13FN6/c1-8-3-9(2)19-14(18-8)21-7-12(16)13(20-21)10-4-11(15)6-17-5-10/h3-7H,16H2,1-2H3. The van der Waals surface area contributed by atoms with E-state index < -0.39 is 5.82 Å². The first-order valence-electron chi connectivity index (χ1n) is 6.31. The number of nitrogens with two attached hydrogens (primary N) is 1. The number of halogens is 1. The second-order valence-corrected chi connectivity index (χ2v) is 4.72. The number of aryl methyl sites for hydroxylation is 2. The lowest BCUT2D eigenvalue weighted by atomic mass is 10.2. The Labute approximate surface area is 120 Å². The van der Waals surface area contributed by atoms with Gasteiger partial charge in [-0.15, -0.1) is 0 Å². The smallest absolute Gasteiger partial charge is 0.251 e. The van der Waals surface area contributed by atoms with Crippen molar-refractivity contribution in [2.45, 2.75) is 13.8 Å². The fourth-order valence-corrected chi connectivity index (χ4v) is 2.07. The van der Waals surface area contributed by atoms with Crippen LogP contribution in [0.4, 0.5) is 10.1 Å². The summed E-state index contributed by atoms with van der Waals surface area (Å²) in [5, 5.41) is 4.33. The molecule has 0 unspecified atom stereocenters. The highest BCUT2D eigenvalue weighted by Gasteiger charge is 2.12. The molecule has 0 bridgehead atoms. The van der Waals surface area contributed by atoms with E-state index in [2.05, 4.69) is 20.1 Å². The van der Waals surface area contributed by atoms with Gasteiger partial charge in [0, 0.05) is 23.1 Å². The third-order valence-electron chi connectivity index (χ3n) is 2.90. The molecular formula is C14H13FN6. The van der Waals surface area contributed by atoms with Crippen molar-refractivity contribution in [2.24, 2.45) is 0 Å². The summed E-state index contributed by atoms with van der Waals surface area (Å²) in [6.07, 6.45) is 4.24. The van der Waals surface area contributed by atoms with Gasteiger partial charge in [-0.2, -0.15) is 5.10 Å². The number of rotatable bonds is 2. The second kappa shape index (κ2) is 4.93. The quantitative estimate of drug-likeness (QED) is 0.779. The van der Waals surface area contributed by atoms with E-state index >= 15 is 0 Å². The number of hydrogen-bond donors (Lipinski definition) is 1. The molecule has 2 N–H and O–H groups in total. The minimum atomic E-state index is -0.441. The van der Waals surface area contributed by atoms with E-state index in [1.807, 2.05) is 19.9 Å². The molecule has 0 spiro atoms. The largest absolute Gasteiger partial charge is 0.396 e. The number of nitrogens with zero attached hydrogens (tertiary/aromatic N) is 5. The SMILES string of the molecule is Cc1cc(C)nc(-n2cc(N)c(-c3cncc(F)c3)n2)n1. The number of anilines is 1. The van der Waals surface area contributed by atoms with E-state index in [4.69, 9.17) is 5.73 Å². The Morgan fingerprint density at radius 1 is 1.10 bits per heavy atom. The lowest BCUT2D eigenvalue weighted by Gasteiger charge is -2.02. The van der Waals surface area contributed by atoms with Gasteiger partial charge in [0.15, 0.2) is 0 Å². The van der Waals surface area contributed by atoms with Crippen LogP contribution in [0.1, 0.15) is 11.4 Å². The van der Waals surface area contributed by atoms with Gasteiger partial charge in [-0.05, 0) is 26.0 Å². The summed E-state index contributed by atoms with van der Waals surface area (Å²) >= 11 is 0. The lowest BCUT2D eigenvalue weighted by molar-refractivity contribution is 0.622. The predicted molar refractivity (Wildman–Crippen MR) is 76.2 cm³/mol.